The molecule has 3 heteroatoms. The van der Waals surface area contributed by atoms with Crippen molar-refractivity contribution in [2.75, 3.05) is 6.54 Å². The van der Waals surface area contributed by atoms with E-state index in [0.29, 0.717) is 12.3 Å². The molecule has 3 N–H and O–H groups in total. The fourth-order valence-corrected chi connectivity index (χ4v) is 2.31. The zero-order valence-electron chi connectivity index (χ0n) is 9.96. The quantitative estimate of drug-likeness (QED) is 0.744. The number of hydrogen-bond acceptors (Lipinski definition) is 2. The summed E-state index contributed by atoms with van der Waals surface area (Å²) in [5.74, 6) is 1.50. The van der Waals surface area contributed by atoms with Crippen molar-refractivity contribution in [1.82, 2.24) is 5.32 Å². The Morgan fingerprint density at radius 2 is 2.27 bits per heavy atom. The van der Waals surface area contributed by atoms with Crippen LogP contribution < -0.4 is 11.1 Å². The molecule has 0 aromatic rings. The molecule has 1 aliphatic carbocycles. The number of rotatable bonds is 4. The summed E-state index contributed by atoms with van der Waals surface area (Å²) in [7, 11) is 0. The van der Waals surface area contributed by atoms with Crippen molar-refractivity contribution in [3.63, 3.8) is 0 Å². The molecule has 0 bridgehead atoms. The Labute approximate surface area is 92.8 Å². The van der Waals surface area contributed by atoms with Crippen molar-refractivity contribution >= 4 is 5.91 Å². The molecule has 1 amide bonds. The molecular formula is C12H24N2O. The molecule has 0 aliphatic heterocycles. The summed E-state index contributed by atoms with van der Waals surface area (Å²) in [6, 6.07) is -0.328. The maximum Gasteiger partial charge on any atom is 0.236 e. The van der Waals surface area contributed by atoms with Gasteiger partial charge in [0, 0.05) is 6.54 Å². The van der Waals surface area contributed by atoms with Gasteiger partial charge in [-0.3, -0.25) is 4.79 Å². The van der Waals surface area contributed by atoms with Crippen LogP contribution in [-0.4, -0.2) is 18.5 Å². The molecule has 0 radical (unpaired) electrons. The van der Waals surface area contributed by atoms with Crippen LogP contribution in [0.2, 0.25) is 0 Å². The van der Waals surface area contributed by atoms with Crippen LogP contribution in [0.25, 0.3) is 0 Å². The van der Waals surface area contributed by atoms with Gasteiger partial charge in [0.1, 0.15) is 0 Å². The topological polar surface area (TPSA) is 55.1 Å². The molecule has 3 nitrogen and oxygen atoms in total. The fourth-order valence-electron chi connectivity index (χ4n) is 2.31. The summed E-state index contributed by atoms with van der Waals surface area (Å²) in [4.78, 5) is 11.5. The number of carbonyl (C=O) groups excluding carboxylic acids is 1. The summed E-state index contributed by atoms with van der Waals surface area (Å²) < 4.78 is 0. The van der Waals surface area contributed by atoms with Crippen molar-refractivity contribution in [1.29, 1.82) is 0 Å². The molecule has 15 heavy (non-hydrogen) atoms. The van der Waals surface area contributed by atoms with Gasteiger partial charge in [-0.15, -0.1) is 0 Å². The van der Waals surface area contributed by atoms with Gasteiger partial charge in [-0.2, -0.15) is 0 Å². The first kappa shape index (κ1) is 12.5. The maximum absolute atomic E-state index is 11.5. The summed E-state index contributed by atoms with van der Waals surface area (Å²) in [5.41, 5.74) is 5.65. The molecule has 1 saturated carbocycles. The first-order valence-electron chi connectivity index (χ1n) is 6.16. The van der Waals surface area contributed by atoms with Crippen LogP contribution >= 0.6 is 0 Å². The summed E-state index contributed by atoms with van der Waals surface area (Å²) in [6.07, 6.45) is 5.88. The highest BCUT2D eigenvalue weighted by molar-refractivity contribution is 5.81. The predicted octanol–water partition coefficient (Wildman–Crippen LogP) is 1.67. The second kappa shape index (κ2) is 6.11. The number of hydrogen-bond donors (Lipinski definition) is 2. The third-order valence-electron chi connectivity index (χ3n) is 3.39. The van der Waals surface area contributed by atoms with Gasteiger partial charge < -0.3 is 11.1 Å². The molecule has 3 atom stereocenters. The van der Waals surface area contributed by atoms with Crippen LogP contribution in [0.5, 0.6) is 0 Å². The number of nitrogens with one attached hydrogen (secondary N) is 1. The summed E-state index contributed by atoms with van der Waals surface area (Å²) in [5, 5.41) is 2.96. The van der Waals surface area contributed by atoms with E-state index in [2.05, 4.69) is 12.2 Å². The minimum absolute atomic E-state index is 0.00993. The van der Waals surface area contributed by atoms with Crippen molar-refractivity contribution in [2.24, 2.45) is 17.6 Å². The largest absolute Gasteiger partial charge is 0.354 e. The SMILES string of the molecule is CCC(N)C(=O)NCC1CCCC(C)C1. The normalized spacial score (nSPS) is 28.5. The Hall–Kier alpha value is -0.570. The average molecular weight is 212 g/mol. The first-order chi connectivity index (χ1) is 7.13. The molecule has 1 aliphatic rings. The Kier molecular flexibility index (Phi) is 5.09. The predicted molar refractivity (Wildman–Crippen MR) is 62.4 cm³/mol. The van der Waals surface area contributed by atoms with Crippen LogP contribution in [0.1, 0.15) is 46.0 Å². The first-order valence-corrected chi connectivity index (χ1v) is 6.16. The van der Waals surface area contributed by atoms with Crippen LogP contribution in [0.4, 0.5) is 0 Å². The van der Waals surface area contributed by atoms with E-state index in [0.717, 1.165) is 12.5 Å². The zero-order chi connectivity index (χ0) is 11.3. The van der Waals surface area contributed by atoms with Crippen LogP contribution in [0.3, 0.4) is 0 Å². The zero-order valence-corrected chi connectivity index (χ0v) is 9.96. The Bertz CT molecular complexity index is 206. The van der Waals surface area contributed by atoms with Crippen molar-refractivity contribution < 1.29 is 4.79 Å². The van der Waals surface area contributed by atoms with Crippen LogP contribution in [-0.2, 0) is 4.79 Å². The Balaban J connectivity index is 2.21. The Morgan fingerprint density at radius 3 is 2.87 bits per heavy atom. The lowest BCUT2D eigenvalue weighted by molar-refractivity contribution is -0.122. The summed E-state index contributed by atoms with van der Waals surface area (Å²) >= 11 is 0. The molecule has 0 aromatic carbocycles. The van der Waals surface area contributed by atoms with Crippen LogP contribution in [0.15, 0.2) is 0 Å². The van der Waals surface area contributed by atoms with E-state index >= 15 is 0 Å². The highest BCUT2D eigenvalue weighted by atomic mass is 16.2. The molecule has 0 spiro atoms. The number of amides is 1. The second-order valence-corrected chi connectivity index (χ2v) is 4.90. The summed E-state index contributed by atoms with van der Waals surface area (Å²) in [6.45, 7) is 5.05. The molecule has 3 unspecified atom stereocenters. The molecule has 1 fully saturated rings. The van der Waals surface area contributed by atoms with E-state index in [9.17, 15) is 4.79 Å². The highest BCUT2D eigenvalue weighted by Gasteiger charge is 2.20. The molecule has 1 rings (SSSR count). The van der Waals surface area contributed by atoms with E-state index in [1.54, 1.807) is 0 Å². The average Bonchev–Trinajstić information content (AvgIpc) is 2.25. The van der Waals surface area contributed by atoms with Gasteiger partial charge in [-0.1, -0.05) is 26.7 Å². The number of carbonyl (C=O) groups is 1. The van der Waals surface area contributed by atoms with Gasteiger partial charge in [0.05, 0.1) is 6.04 Å². The van der Waals surface area contributed by atoms with E-state index in [1.807, 2.05) is 6.92 Å². The van der Waals surface area contributed by atoms with Crippen molar-refractivity contribution in [3.05, 3.63) is 0 Å². The van der Waals surface area contributed by atoms with Gasteiger partial charge in [0.25, 0.3) is 0 Å². The van der Waals surface area contributed by atoms with Crippen molar-refractivity contribution in [3.8, 4) is 0 Å². The second-order valence-electron chi connectivity index (χ2n) is 4.90. The molecule has 0 aromatic heterocycles. The van der Waals surface area contributed by atoms with Crippen LogP contribution in [0, 0.1) is 11.8 Å². The number of nitrogens with two attached hydrogens (primary N) is 1. The van der Waals surface area contributed by atoms with E-state index in [1.165, 1.54) is 25.7 Å². The lowest BCUT2D eigenvalue weighted by Crippen LogP contribution is -2.42. The Morgan fingerprint density at radius 1 is 1.53 bits per heavy atom. The smallest absolute Gasteiger partial charge is 0.236 e. The molecular weight excluding hydrogens is 188 g/mol. The van der Waals surface area contributed by atoms with Gasteiger partial charge in [0.15, 0.2) is 0 Å². The minimum atomic E-state index is -0.328. The minimum Gasteiger partial charge on any atom is -0.354 e. The van der Waals surface area contributed by atoms with E-state index in [-0.39, 0.29) is 11.9 Å². The third-order valence-corrected chi connectivity index (χ3v) is 3.39. The van der Waals surface area contributed by atoms with E-state index in [4.69, 9.17) is 5.73 Å². The lowest BCUT2D eigenvalue weighted by atomic mass is 9.82. The monoisotopic (exact) mass is 212 g/mol. The standard InChI is InChI=1S/C12H24N2O/c1-3-11(13)12(15)14-8-10-6-4-5-9(2)7-10/h9-11H,3-8,13H2,1-2H3,(H,14,15). The third kappa shape index (κ3) is 4.20. The highest BCUT2D eigenvalue weighted by Crippen LogP contribution is 2.27. The molecule has 88 valence electrons. The molecule has 0 heterocycles. The lowest BCUT2D eigenvalue weighted by Gasteiger charge is -2.27. The maximum atomic E-state index is 11.5. The van der Waals surface area contributed by atoms with Crippen molar-refractivity contribution in [2.45, 2.75) is 52.0 Å². The fraction of sp³-hybridized carbons (Fsp3) is 0.917. The van der Waals surface area contributed by atoms with Gasteiger partial charge >= 0.3 is 0 Å². The van der Waals surface area contributed by atoms with Gasteiger partial charge in [0.2, 0.25) is 5.91 Å². The van der Waals surface area contributed by atoms with Gasteiger partial charge in [-0.05, 0) is 31.1 Å². The molecule has 0 saturated heterocycles. The van der Waals surface area contributed by atoms with Gasteiger partial charge in [-0.25, -0.2) is 0 Å². The van der Waals surface area contributed by atoms with E-state index < -0.39 is 0 Å².